The molecular weight excluding hydrogens is 192 g/mol. The first-order valence-corrected chi connectivity index (χ1v) is 4.49. The van der Waals surface area contributed by atoms with Crippen LogP contribution in [0, 0.1) is 0 Å². The number of hydrogen-bond donors (Lipinski definition) is 4. The Morgan fingerprint density at radius 3 is 2.64 bits per heavy atom. The van der Waals surface area contributed by atoms with Crippen molar-refractivity contribution >= 4 is 0 Å². The molecule has 0 aromatic heterocycles. The number of hydrogen-bond acceptors (Lipinski definition) is 6. The first-order valence-electron chi connectivity index (χ1n) is 4.49. The van der Waals surface area contributed by atoms with Crippen LogP contribution in [-0.2, 0) is 9.47 Å². The summed E-state index contributed by atoms with van der Waals surface area (Å²) in [5.74, 6) is -1.94. The fraction of sp³-hybridized carbons (Fsp3) is 1.00. The van der Waals surface area contributed by atoms with E-state index in [1.165, 1.54) is 0 Å². The van der Waals surface area contributed by atoms with Gasteiger partial charge < -0.3 is 29.9 Å². The minimum absolute atomic E-state index is 0.234. The van der Waals surface area contributed by atoms with Crippen LogP contribution in [-0.4, -0.2) is 64.3 Å². The summed E-state index contributed by atoms with van der Waals surface area (Å²) in [6.45, 7) is 1.61. The van der Waals surface area contributed by atoms with Gasteiger partial charge in [-0.1, -0.05) is 0 Å². The average Bonchev–Trinajstić information content (AvgIpc) is 2.19. The Kier molecular flexibility index (Phi) is 3.82. The molecule has 1 rings (SSSR count). The average molecular weight is 208 g/mol. The maximum absolute atomic E-state index is 9.69. The largest absolute Gasteiger partial charge is 0.388 e. The second-order valence-corrected chi connectivity index (χ2v) is 3.30. The van der Waals surface area contributed by atoms with E-state index in [9.17, 15) is 15.3 Å². The van der Waals surface area contributed by atoms with Gasteiger partial charge in [0.1, 0.15) is 24.9 Å². The molecule has 4 N–H and O–H groups in total. The Balaban J connectivity index is 2.60. The van der Waals surface area contributed by atoms with Gasteiger partial charge in [0.25, 0.3) is 0 Å². The van der Waals surface area contributed by atoms with Crippen LogP contribution in [0.1, 0.15) is 6.92 Å². The second-order valence-electron chi connectivity index (χ2n) is 3.30. The van der Waals surface area contributed by atoms with E-state index in [0.717, 1.165) is 0 Å². The fourth-order valence-corrected chi connectivity index (χ4v) is 1.27. The Bertz CT molecular complexity index is 183. The quantitative estimate of drug-likeness (QED) is 0.421. The van der Waals surface area contributed by atoms with Gasteiger partial charge in [-0.3, -0.25) is 0 Å². The number of aliphatic hydroxyl groups is 4. The summed E-state index contributed by atoms with van der Waals surface area (Å²) in [5, 5.41) is 37.5. The highest BCUT2D eigenvalue weighted by atomic mass is 16.7. The lowest BCUT2D eigenvalue weighted by molar-refractivity contribution is -0.334. The third-order valence-corrected chi connectivity index (χ3v) is 2.20. The van der Waals surface area contributed by atoms with Gasteiger partial charge >= 0.3 is 0 Å². The van der Waals surface area contributed by atoms with Crippen molar-refractivity contribution in [3.05, 3.63) is 0 Å². The Hall–Kier alpha value is -0.240. The van der Waals surface area contributed by atoms with Crippen LogP contribution in [0.2, 0.25) is 0 Å². The summed E-state index contributed by atoms with van der Waals surface area (Å²) in [6, 6.07) is 0. The van der Waals surface area contributed by atoms with Gasteiger partial charge in [-0.25, -0.2) is 0 Å². The molecular formula is C8H16O6. The Labute approximate surface area is 81.7 Å². The highest BCUT2D eigenvalue weighted by molar-refractivity contribution is 4.91. The number of aliphatic hydroxyl groups excluding tert-OH is 3. The highest BCUT2D eigenvalue weighted by Crippen LogP contribution is 2.24. The molecule has 0 radical (unpaired) electrons. The van der Waals surface area contributed by atoms with Crippen LogP contribution in [0.25, 0.3) is 0 Å². The molecule has 0 aromatic carbocycles. The van der Waals surface area contributed by atoms with E-state index in [2.05, 4.69) is 0 Å². The van der Waals surface area contributed by atoms with Gasteiger partial charge in [0.05, 0.1) is 6.61 Å². The molecule has 0 spiro atoms. The lowest BCUT2D eigenvalue weighted by Gasteiger charge is -2.41. The summed E-state index contributed by atoms with van der Waals surface area (Å²) in [6.07, 6.45) is -4.18. The zero-order valence-corrected chi connectivity index (χ0v) is 7.96. The van der Waals surface area contributed by atoms with Gasteiger partial charge in [-0.2, -0.15) is 0 Å². The first kappa shape index (κ1) is 11.8. The molecule has 4 atom stereocenters. The van der Waals surface area contributed by atoms with E-state index in [1.807, 2.05) is 0 Å². The smallest absolute Gasteiger partial charge is 0.219 e. The van der Waals surface area contributed by atoms with Crippen LogP contribution >= 0.6 is 0 Å². The van der Waals surface area contributed by atoms with Crippen LogP contribution < -0.4 is 0 Å². The molecule has 0 aromatic rings. The van der Waals surface area contributed by atoms with Crippen molar-refractivity contribution < 1.29 is 29.9 Å². The van der Waals surface area contributed by atoms with Crippen molar-refractivity contribution in [2.75, 3.05) is 19.8 Å². The summed E-state index contributed by atoms with van der Waals surface area (Å²) in [7, 11) is 0. The molecule has 1 aliphatic heterocycles. The van der Waals surface area contributed by atoms with Crippen molar-refractivity contribution in [2.24, 2.45) is 0 Å². The minimum Gasteiger partial charge on any atom is -0.388 e. The summed E-state index contributed by atoms with van der Waals surface area (Å²) in [4.78, 5) is 0. The summed E-state index contributed by atoms with van der Waals surface area (Å²) < 4.78 is 9.74. The molecule has 6 nitrogen and oxygen atoms in total. The second kappa shape index (κ2) is 4.52. The molecule has 4 unspecified atom stereocenters. The Morgan fingerprint density at radius 2 is 2.07 bits per heavy atom. The van der Waals surface area contributed by atoms with E-state index in [1.54, 1.807) is 6.92 Å². The topological polar surface area (TPSA) is 99.4 Å². The van der Waals surface area contributed by atoms with E-state index >= 15 is 0 Å². The predicted octanol–water partition coefficient (Wildman–Crippen LogP) is -2.18. The van der Waals surface area contributed by atoms with Gasteiger partial charge in [-0.15, -0.1) is 0 Å². The molecule has 1 aliphatic rings. The maximum atomic E-state index is 9.69. The predicted molar refractivity (Wildman–Crippen MR) is 45.4 cm³/mol. The van der Waals surface area contributed by atoms with Crippen LogP contribution in [0.3, 0.4) is 0 Å². The molecule has 6 heteroatoms. The van der Waals surface area contributed by atoms with E-state index < -0.39 is 24.1 Å². The first-order chi connectivity index (χ1) is 6.51. The monoisotopic (exact) mass is 208 g/mol. The van der Waals surface area contributed by atoms with Crippen LogP contribution in [0.15, 0.2) is 0 Å². The fourth-order valence-electron chi connectivity index (χ4n) is 1.27. The van der Waals surface area contributed by atoms with Gasteiger partial charge in [0, 0.05) is 6.61 Å². The van der Waals surface area contributed by atoms with Crippen molar-refractivity contribution in [3.63, 3.8) is 0 Å². The van der Waals surface area contributed by atoms with Crippen LogP contribution in [0.4, 0.5) is 0 Å². The standard InChI is InChI=1S/C8H16O6/c1-2-13-4-8(12)7(11)6(10)5(9)3-14-8/h5-7,9-12H,2-4H2,1H3. The van der Waals surface area contributed by atoms with Crippen LogP contribution in [0.5, 0.6) is 0 Å². The molecule has 1 saturated heterocycles. The Morgan fingerprint density at radius 1 is 1.43 bits per heavy atom. The van der Waals surface area contributed by atoms with Gasteiger partial charge in [0.15, 0.2) is 0 Å². The number of ether oxygens (including phenoxy) is 2. The zero-order chi connectivity index (χ0) is 10.8. The number of rotatable bonds is 3. The third-order valence-electron chi connectivity index (χ3n) is 2.20. The zero-order valence-electron chi connectivity index (χ0n) is 7.96. The van der Waals surface area contributed by atoms with Crippen molar-refractivity contribution in [3.8, 4) is 0 Å². The summed E-state index contributed by atoms with van der Waals surface area (Å²) in [5.41, 5.74) is 0. The maximum Gasteiger partial charge on any atom is 0.219 e. The SMILES string of the molecule is CCOCC1(O)OCC(O)C(O)C1O. The molecule has 0 saturated carbocycles. The molecule has 0 amide bonds. The molecule has 1 fully saturated rings. The van der Waals surface area contributed by atoms with Crippen molar-refractivity contribution in [1.29, 1.82) is 0 Å². The summed E-state index contributed by atoms with van der Waals surface area (Å²) >= 11 is 0. The van der Waals surface area contributed by atoms with Gasteiger partial charge in [0.2, 0.25) is 5.79 Å². The van der Waals surface area contributed by atoms with E-state index in [4.69, 9.17) is 14.6 Å². The van der Waals surface area contributed by atoms with Crippen molar-refractivity contribution in [2.45, 2.75) is 31.0 Å². The third kappa shape index (κ3) is 2.22. The normalized spacial score (nSPS) is 43.9. The van der Waals surface area contributed by atoms with E-state index in [0.29, 0.717) is 6.61 Å². The van der Waals surface area contributed by atoms with Gasteiger partial charge in [-0.05, 0) is 6.92 Å². The molecule has 1 heterocycles. The highest BCUT2D eigenvalue weighted by Gasteiger charge is 2.48. The molecule has 0 bridgehead atoms. The minimum atomic E-state index is -1.94. The lowest BCUT2D eigenvalue weighted by atomic mass is 9.97. The molecule has 84 valence electrons. The molecule has 14 heavy (non-hydrogen) atoms. The van der Waals surface area contributed by atoms with Crippen molar-refractivity contribution in [1.82, 2.24) is 0 Å². The molecule has 0 aliphatic carbocycles. The lowest BCUT2D eigenvalue weighted by Crippen LogP contribution is -2.62. The van der Waals surface area contributed by atoms with E-state index in [-0.39, 0.29) is 13.2 Å².